The molecule has 0 bridgehead atoms. The van der Waals surface area contributed by atoms with E-state index in [1.807, 2.05) is 11.4 Å². The lowest BCUT2D eigenvalue weighted by Gasteiger charge is -2.31. The van der Waals surface area contributed by atoms with Gasteiger partial charge in [0.15, 0.2) is 5.13 Å². The number of likely N-dealkylation sites (tertiary alicyclic amines) is 1. The van der Waals surface area contributed by atoms with Gasteiger partial charge in [-0.05, 0) is 37.1 Å². The summed E-state index contributed by atoms with van der Waals surface area (Å²) in [5, 5.41) is 5.21. The minimum absolute atomic E-state index is 0.0918. The van der Waals surface area contributed by atoms with Crippen molar-refractivity contribution < 1.29 is 19.1 Å². The molecule has 2 heterocycles. The van der Waals surface area contributed by atoms with Gasteiger partial charge in [0, 0.05) is 36.3 Å². The fourth-order valence-corrected chi connectivity index (χ4v) is 3.65. The third-order valence-electron chi connectivity index (χ3n) is 4.61. The van der Waals surface area contributed by atoms with Gasteiger partial charge in [-0.15, -0.1) is 11.3 Å². The van der Waals surface area contributed by atoms with Crippen molar-refractivity contribution in [3.8, 4) is 11.5 Å². The molecule has 0 spiro atoms. The van der Waals surface area contributed by atoms with Crippen molar-refractivity contribution in [3.05, 3.63) is 41.4 Å². The summed E-state index contributed by atoms with van der Waals surface area (Å²) in [6, 6.07) is 5.40. The van der Waals surface area contributed by atoms with Crippen LogP contribution in [0.25, 0.3) is 6.08 Å². The Bertz CT molecular complexity index is 851. The molecule has 3 rings (SSSR count). The number of methoxy groups -OCH3 is 2. The minimum atomic E-state index is -0.235. The number of thiazole rings is 1. The molecule has 0 saturated carbocycles. The Morgan fingerprint density at radius 1 is 1.32 bits per heavy atom. The summed E-state index contributed by atoms with van der Waals surface area (Å²) < 4.78 is 10.6. The number of nitrogens with zero attached hydrogens (tertiary/aromatic N) is 2. The molecule has 8 heteroatoms. The molecule has 0 aliphatic carbocycles. The van der Waals surface area contributed by atoms with Gasteiger partial charge >= 0.3 is 0 Å². The van der Waals surface area contributed by atoms with Crippen LogP contribution in [0.15, 0.2) is 35.9 Å². The van der Waals surface area contributed by atoms with Crippen LogP contribution in [0.4, 0.5) is 5.13 Å². The smallest absolute Gasteiger partial charge is 0.246 e. The molecular weight excluding hydrogens is 378 g/mol. The molecule has 7 nitrogen and oxygen atoms in total. The highest BCUT2D eigenvalue weighted by Gasteiger charge is 2.28. The van der Waals surface area contributed by atoms with E-state index >= 15 is 0 Å². The van der Waals surface area contributed by atoms with Crippen molar-refractivity contribution in [1.82, 2.24) is 9.88 Å². The van der Waals surface area contributed by atoms with Crippen molar-refractivity contribution in [1.29, 1.82) is 0 Å². The van der Waals surface area contributed by atoms with Crippen LogP contribution in [0.3, 0.4) is 0 Å². The lowest BCUT2D eigenvalue weighted by atomic mass is 9.97. The van der Waals surface area contributed by atoms with Crippen molar-refractivity contribution in [2.24, 2.45) is 5.92 Å². The summed E-state index contributed by atoms with van der Waals surface area (Å²) in [6.07, 6.45) is 6.42. The quantitative estimate of drug-likeness (QED) is 0.753. The zero-order valence-electron chi connectivity index (χ0n) is 15.9. The van der Waals surface area contributed by atoms with Crippen molar-refractivity contribution >= 4 is 34.4 Å². The van der Waals surface area contributed by atoms with Crippen molar-refractivity contribution in [2.45, 2.75) is 12.8 Å². The van der Waals surface area contributed by atoms with Gasteiger partial charge in [0.05, 0.1) is 20.1 Å². The van der Waals surface area contributed by atoms with Crippen molar-refractivity contribution in [2.75, 3.05) is 32.6 Å². The molecule has 1 saturated heterocycles. The van der Waals surface area contributed by atoms with Crippen LogP contribution in [0, 0.1) is 5.92 Å². The molecule has 1 aromatic carbocycles. The summed E-state index contributed by atoms with van der Waals surface area (Å²) >= 11 is 1.38. The van der Waals surface area contributed by atoms with Crippen LogP contribution >= 0.6 is 11.3 Å². The lowest BCUT2D eigenvalue weighted by molar-refractivity contribution is -0.130. The monoisotopic (exact) mass is 401 g/mol. The molecule has 1 aromatic heterocycles. The normalized spacial score (nSPS) is 16.8. The second-order valence-corrected chi connectivity index (χ2v) is 7.29. The molecule has 2 amide bonds. The van der Waals surface area contributed by atoms with E-state index in [2.05, 4.69) is 10.3 Å². The molecule has 28 heavy (non-hydrogen) atoms. The molecule has 1 aliphatic rings. The number of ether oxygens (including phenoxy) is 2. The molecule has 1 atom stereocenters. The number of anilines is 1. The Balaban J connectivity index is 1.64. The molecule has 148 valence electrons. The Morgan fingerprint density at radius 2 is 2.18 bits per heavy atom. The van der Waals surface area contributed by atoms with E-state index in [4.69, 9.17) is 9.47 Å². The number of aromatic nitrogens is 1. The van der Waals surface area contributed by atoms with E-state index in [0.717, 1.165) is 18.4 Å². The average molecular weight is 401 g/mol. The first-order chi connectivity index (χ1) is 13.6. The number of rotatable bonds is 6. The minimum Gasteiger partial charge on any atom is -0.497 e. The molecular formula is C20H23N3O4S. The molecule has 1 fully saturated rings. The maximum Gasteiger partial charge on any atom is 0.246 e. The highest BCUT2D eigenvalue weighted by molar-refractivity contribution is 7.13. The van der Waals surface area contributed by atoms with Gasteiger partial charge in [-0.1, -0.05) is 0 Å². The summed E-state index contributed by atoms with van der Waals surface area (Å²) in [7, 11) is 3.17. The number of nitrogens with one attached hydrogen (secondary N) is 1. The first-order valence-corrected chi connectivity index (χ1v) is 9.88. The number of amides is 2. The van der Waals surface area contributed by atoms with Crippen LogP contribution in [0.2, 0.25) is 0 Å². The number of hydrogen-bond donors (Lipinski definition) is 1. The first kappa shape index (κ1) is 19.9. The third-order valence-corrected chi connectivity index (χ3v) is 5.30. The topological polar surface area (TPSA) is 80.8 Å². The van der Waals surface area contributed by atoms with Gasteiger partial charge < -0.3 is 19.7 Å². The number of benzene rings is 1. The van der Waals surface area contributed by atoms with Gasteiger partial charge in [0.1, 0.15) is 11.5 Å². The second-order valence-electron chi connectivity index (χ2n) is 6.39. The summed E-state index contributed by atoms with van der Waals surface area (Å²) in [5.74, 6) is 0.887. The first-order valence-electron chi connectivity index (χ1n) is 9.00. The van der Waals surface area contributed by atoms with Gasteiger partial charge in [-0.3, -0.25) is 9.59 Å². The van der Waals surface area contributed by atoms with Gasteiger partial charge in [0.25, 0.3) is 0 Å². The van der Waals surface area contributed by atoms with E-state index in [0.29, 0.717) is 29.7 Å². The molecule has 2 aromatic rings. The van der Waals surface area contributed by atoms with Crippen LogP contribution < -0.4 is 14.8 Å². The van der Waals surface area contributed by atoms with Gasteiger partial charge in [-0.2, -0.15) is 0 Å². The summed E-state index contributed by atoms with van der Waals surface area (Å²) in [4.78, 5) is 30.9. The van der Waals surface area contributed by atoms with E-state index < -0.39 is 0 Å². The number of hydrogen-bond acceptors (Lipinski definition) is 6. The molecule has 1 N–H and O–H groups in total. The predicted molar refractivity (Wildman–Crippen MR) is 109 cm³/mol. The largest absolute Gasteiger partial charge is 0.497 e. The van der Waals surface area contributed by atoms with Crippen LogP contribution in [0.5, 0.6) is 11.5 Å². The maximum absolute atomic E-state index is 12.6. The van der Waals surface area contributed by atoms with E-state index in [-0.39, 0.29) is 17.7 Å². The maximum atomic E-state index is 12.6. The van der Waals surface area contributed by atoms with Crippen LogP contribution in [-0.4, -0.2) is 49.0 Å². The third kappa shape index (κ3) is 4.89. The fraction of sp³-hybridized carbons (Fsp3) is 0.350. The van der Waals surface area contributed by atoms with E-state index in [9.17, 15) is 9.59 Å². The number of piperidine rings is 1. The number of carbonyl (C=O) groups excluding carboxylic acids is 2. The summed E-state index contributed by atoms with van der Waals surface area (Å²) in [5.41, 5.74) is 0.755. The van der Waals surface area contributed by atoms with Gasteiger partial charge in [-0.25, -0.2) is 4.98 Å². The SMILES string of the molecule is COc1ccc(OC)c(C=CC(=O)N2CCCC(C(=O)Nc3nccs3)C2)c1. The number of carbonyl (C=O) groups is 2. The average Bonchev–Trinajstić information content (AvgIpc) is 3.24. The highest BCUT2D eigenvalue weighted by atomic mass is 32.1. The standard InChI is InChI=1S/C20H23N3O4S/c1-26-16-6-7-17(27-2)14(12-16)5-8-18(24)23-10-3-4-15(13-23)19(25)22-20-21-9-11-28-20/h5-9,11-12,15H,3-4,10,13H2,1-2H3,(H,21,22,25). The predicted octanol–water partition coefficient (Wildman–Crippen LogP) is 3.05. The van der Waals surface area contributed by atoms with Crippen molar-refractivity contribution in [3.63, 3.8) is 0 Å². The van der Waals surface area contributed by atoms with Crippen LogP contribution in [-0.2, 0) is 9.59 Å². The Hall–Kier alpha value is -2.87. The fourth-order valence-electron chi connectivity index (χ4n) is 3.12. The zero-order valence-corrected chi connectivity index (χ0v) is 16.7. The Morgan fingerprint density at radius 3 is 2.89 bits per heavy atom. The van der Waals surface area contributed by atoms with Crippen LogP contribution in [0.1, 0.15) is 18.4 Å². The van der Waals surface area contributed by atoms with E-state index in [1.54, 1.807) is 43.5 Å². The molecule has 0 radical (unpaired) electrons. The Kier molecular flexibility index (Phi) is 6.65. The van der Waals surface area contributed by atoms with Gasteiger partial charge in [0.2, 0.25) is 11.8 Å². The second kappa shape index (κ2) is 9.36. The highest BCUT2D eigenvalue weighted by Crippen LogP contribution is 2.25. The van der Waals surface area contributed by atoms with E-state index in [1.165, 1.54) is 17.4 Å². The molecule has 1 aliphatic heterocycles. The summed E-state index contributed by atoms with van der Waals surface area (Å²) in [6.45, 7) is 1.04. The zero-order chi connectivity index (χ0) is 19.9. The lowest BCUT2D eigenvalue weighted by Crippen LogP contribution is -2.43. The Labute approximate surface area is 168 Å². The molecule has 1 unspecified atom stereocenters.